The first-order valence-electron chi connectivity index (χ1n) is 6.26. The lowest BCUT2D eigenvalue weighted by atomic mass is 9.80. The zero-order chi connectivity index (χ0) is 12.1. The van der Waals surface area contributed by atoms with Gasteiger partial charge in [-0.05, 0) is 53.6 Å². The van der Waals surface area contributed by atoms with Gasteiger partial charge in [0.15, 0.2) is 0 Å². The van der Waals surface area contributed by atoms with Crippen molar-refractivity contribution in [1.82, 2.24) is 5.32 Å². The lowest BCUT2D eigenvalue weighted by molar-refractivity contribution is 0.0191. The van der Waals surface area contributed by atoms with E-state index in [2.05, 4.69) is 23.0 Å². The van der Waals surface area contributed by atoms with Crippen molar-refractivity contribution in [3.8, 4) is 0 Å². The maximum atomic E-state index is 5.93. The molecule has 0 amide bonds. The van der Waals surface area contributed by atoms with Crippen molar-refractivity contribution in [2.45, 2.75) is 26.3 Å². The molecule has 0 bridgehead atoms. The van der Waals surface area contributed by atoms with Gasteiger partial charge in [-0.25, -0.2) is 0 Å². The van der Waals surface area contributed by atoms with Gasteiger partial charge in [0.1, 0.15) is 0 Å². The van der Waals surface area contributed by atoms with Crippen molar-refractivity contribution < 1.29 is 4.74 Å². The number of thiophene rings is 1. The third-order valence-corrected chi connectivity index (χ3v) is 4.67. The second kappa shape index (κ2) is 5.96. The van der Waals surface area contributed by atoms with Gasteiger partial charge >= 0.3 is 0 Å². The second-order valence-corrected chi connectivity index (χ2v) is 5.74. The zero-order valence-corrected chi connectivity index (χ0v) is 11.3. The zero-order valence-electron chi connectivity index (χ0n) is 10.5. The van der Waals surface area contributed by atoms with Crippen LogP contribution >= 0.6 is 11.3 Å². The Hall–Kier alpha value is -0.420. The van der Waals surface area contributed by atoms with E-state index in [9.17, 15) is 0 Å². The van der Waals surface area contributed by atoms with Crippen LogP contribution in [0.4, 0.5) is 0 Å². The van der Waals surface area contributed by atoms with E-state index in [-0.39, 0.29) is 5.41 Å². The molecule has 1 aliphatic heterocycles. The molecule has 0 saturated carbocycles. The third-order valence-electron chi connectivity index (χ3n) is 3.76. The van der Waals surface area contributed by atoms with E-state index in [1.807, 2.05) is 0 Å². The second-order valence-electron chi connectivity index (χ2n) is 5.00. The van der Waals surface area contributed by atoms with Gasteiger partial charge in [0.05, 0.1) is 0 Å². The minimum Gasteiger partial charge on any atom is -0.381 e. The van der Waals surface area contributed by atoms with Crippen LogP contribution in [-0.4, -0.2) is 26.3 Å². The van der Waals surface area contributed by atoms with Crippen molar-refractivity contribution in [2.75, 3.05) is 26.3 Å². The number of rotatable bonds is 5. The normalized spacial score (nSPS) is 19.4. The van der Waals surface area contributed by atoms with E-state index in [0.717, 1.165) is 45.7 Å². The van der Waals surface area contributed by atoms with Crippen LogP contribution in [0.15, 0.2) is 10.8 Å². The van der Waals surface area contributed by atoms with Crippen LogP contribution < -0.4 is 11.1 Å². The Labute approximate surface area is 107 Å². The van der Waals surface area contributed by atoms with E-state index in [1.54, 1.807) is 11.3 Å². The molecule has 0 aliphatic carbocycles. The molecular weight excluding hydrogens is 232 g/mol. The van der Waals surface area contributed by atoms with E-state index in [4.69, 9.17) is 10.5 Å². The summed E-state index contributed by atoms with van der Waals surface area (Å²) in [5.41, 5.74) is 8.98. The van der Waals surface area contributed by atoms with Crippen LogP contribution in [0.1, 0.15) is 24.0 Å². The molecule has 2 heterocycles. The van der Waals surface area contributed by atoms with Crippen LogP contribution in [-0.2, 0) is 11.3 Å². The first kappa shape index (κ1) is 13.0. The van der Waals surface area contributed by atoms with E-state index in [0.29, 0.717) is 0 Å². The molecule has 1 fully saturated rings. The average Bonchev–Trinajstić information content (AvgIpc) is 2.76. The highest BCUT2D eigenvalue weighted by molar-refractivity contribution is 7.08. The van der Waals surface area contributed by atoms with Crippen molar-refractivity contribution >= 4 is 11.3 Å². The average molecular weight is 254 g/mol. The van der Waals surface area contributed by atoms with E-state index >= 15 is 0 Å². The molecule has 2 rings (SSSR count). The summed E-state index contributed by atoms with van der Waals surface area (Å²) < 4.78 is 5.42. The Morgan fingerprint density at radius 1 is 1.41 bits per heavy atom. The van der Waals surface area contributed by atoms with Gasteiger partial charge in [-0.1, -0.05) is 0 Å². The molecule has 0 unspecified atom stereocenters. The Kier molecular flexibility index (Phi) is 4.56. The molecule has 96 valence electrons. The summed E-state index contributed by atoms with van der Waals surface area (Å²) in [7, 11) is 0. The maximum absolute atomic E-state index is 5.93. The quantitative estimate of drug-likeness (QED) is 0.843. The van der Waals surface area contributed by atoms with E-state index in [1.165, 1.54) is 11.1 Å². The third kappa shape index (κ3) is 3.28. The summed E-state index contributed by atoms with van der Waals surface area (Å²) >= 11 is 1.77. The Morgan fingerprint density at radius 3 is 2.76 bits per heavy atom. The molecule has 0 aromatic carbocycles. The van der Waals surface area contributed by atoms with Crippen molar-refractivity contribution in [3.63, 3.8) is 0 Å². The maximum Gasteiger partial charge on any atom is 0.0472 e. The van der Waals surface area contributed by atoms with Gasteiger partial charge in [0.2, 0.25) is 0 Å². The molecule has 4 heteroatoms. The van der Waals surface area contributed by atoms with E-state index < -0.39 is 0 Å². The predicted molar refractivity (Wildman–Crippen MR) is 72.3 cm³/mol. The topological polar surface area (TPSA) is 47.3 Å². The number of ether oxygens (including phenoxy) is 1. The first-order valence-corrected chi connectivity index (χ1v) is 7.20. The number of hydrogen-bond donors (Lipinski definition) is 2. The largest absolute Gasteiger partial charge is 0.381 e. The van der Waals surface area contributed by atoms with Crippen molar-refractivity contribution in [1.29, 1.82) is 0 Å². The lowest BCUT2D eigenvalue weighted by Crippen LogP contribution is -2.44. The Balaban J connectivity index is 1.82. The highest BCUT2D eigenvalue weighted by Gasteiger charge is 2.30. The predicted octanol–water partition coefficient (Wildman–Crippen LogP) is 1.90. The smallest absolute Gasteiger partial charge is 0.0472 e. The summed E-state index contributed by atoms with van der Waals surface area (Å²) in [6.07, 6.45) is 2.16. The Morgan fingerprint density at radius 2 is 2.18 bits per heavy atom. The van der Waals surface area contributed by atoms with Crippen molar-refractivity contribution in [2.24, 2.45) is 11.1 Å². The lowest BCUT2D eigenvalue weighted by Gasteiger charge is -2.36. The first-order chi connectivity index (χ1) is 8.26. The molecular formula is C13H22N2OS. The minimum absolute atomic E-state index is 0.252. The molecule has 0 atom stereocenters. The molecule has 1 saturated heterocycles. The molecule has 0 spiro atoms. The van der Waals surface area contributed by atoms with Crippen molar-refractivity contribution in [3.05, 3.63) is 21.9 Å². The van der Waals surface area contributed by atoms with Gasteiger partial charge in [-0.2, -0.15) is 11.3 Å². The van der Waals surface area contributed by atoms with Gasteiger partial charge in [0.25, 0.3) is 0 Å². The molecule has 0 radical (unpaired) electrons. The summed E-state index contributed by atoms with van der Waals surface area (Å²) in [6, 6.07) is 0. The number of nitrogens with one attached hydrogen (secondary N) is 1. The van der Waals surface area contributed by atoms with Crippen LogP contribution in [0.2, 0.25) is 0 Å². The summed E-state index contributed by atoms with van der Waals surface area (Å²) in [5, 5.41) is 7.98. The standard InChI is InChI=1S/C13H22N2OS/c1-11-7-17-8-12(11)6-15-10-13(9-14)2-4-16-5-3-13/h7-8,15H,2-6,9-10,14H2,1H3. The van der Waals surface area contributed by atoms with Gasteiger partial charge in [-0.15, -0.1) is 0 Å². The molecule has 17 heavy (non-hydrogen) atoms. The fourth-order valence-corrected chi connectivity index (χ4v) is 3.14. The molecule has 1 aromatic rings. The fourth-order valence-electron chi connectivity index (χ4n) is 2.29. The van der Waals surface area contributed by atoms with Crippen LogP contribution in [0, 0.1) is 12.3 Å². The fraction of sp³-hybridized carbons (Fsp3) is 0.692. The molecule has 1 aromatic heterocycles. The number of aryl methyl sites for hydroxylation is 1. The van der Waals surface area contributed by atoms with Gasteiger partial charge in [-0.3, -0.25) is 0 Å². The van der Waals surface area contributed by atoms with Gasteiger partial charge in [0, 0.05) is 26.3 Å². The molecule has 1 aliphatic rings. The monoisotopic (exact) mass is 254 g/mol. The van der Waals surface area contributed by atoms with Crippen LogP contribution in [0.5, 0.6) is 0 Å². The highest BCUT2D eigenvalue weighted by Crippen LogP contribution is 2.28. The summed E-state index contributed by atoms with van der Waals surface area (Å²) in [4.78, 5) is 0. The van der Waals surface area contributed by atoms with Gasteiger partial charge < -0.3 is 15.8 Å². The number of hydrogen-bond acceptors (Lipinski definition) is 4. The Bertz CT molecular complexity index is 345. The number of nitrogens with two attached hydrogens (primary N) is 1. The summed E-state index contributed by atoms with van der Waals surface area (Å²) in [5.74, 6) is 0. The SMILES string of the molecule is Cc1cscc1CNCC1(CN)CCOCC1. The molecule has 3 nitrogen and oxygen atoms in total. The molecule has 3 N–H and O–H groups in total. The minimum atomic E-state index is 0.252. The van der Waals surface area contributed by atoms with Crippen LogP contribution in [0.25, 0.3) is 0 Å². The highest BCUT2D eigenvalue weighted by atomic mass is 32.1. The summed E-state index contributed by atoms with van der Waals surface area (Å²) in [6.45, 7) is 6.60. The van der Waals surface area contributed by atoms with Crippen LogP contribution in [0.3, 0.4) is 0 Å².